The third-order valence-electron chi connectivity index (χ3n) is 2.09. The van der Waals surface area contributed by atoms with Gasteiger partial charge in [0.1, 0.15) is 0 Å². The highest BCUT2D eigenvalue weighted by Crippen LogP contribution is 2.59. The number of ether oxygens (including phenoxy) is 1. The Hall–Kier alpha value is 0.310. The molecule has 0 spiro atoms. The number of hydrazine groups is 1. The van der Waals surface area contributed by atoms with Crippen molar-refractivity contribution in [2.24, 2.45) is 0 Å². The summed E-state index contributed by atoms with van der Waals surface area (Å²) in [6, 6.07) is 0. The molecule has 0 aromatic heterocycles. The minimum Gasteiger partial charge on any atom is -0.379 e. The minimum atomic E-state index is -2.34. The van der Waals surface area contributed by atoms with E-state index < -0.39 is 5.69 Å². The molecule has 0 aliphatic carbocycles. The molecule has 0 aromatic rings. The van der Waals surface area contributed by atoms with Gasteiger partial charge in [-0.3, -0.25) is 10.2 Å². The molecule has 1 fully saturated rings. The fourth-order valence-electron chi connectivity index (χ4n) is 1.20. The maximum Gasteiger partial charge on any atom is 0.247 e. The van der Waals surface area contributed by atoms with E-state index in [-0.39, 0.29) is 11.7 Å². The van der Waals surface area contributed by atoms with Crippen LogP contribution in [-0.4, -0.2) is 57.2 Å². The molecular weight excluding hydrogens is 283 g/mol. The number of morpholine rings is 1. The van der Waals surface area contributed by atoms with Crippen LogP contribution in [0.3, 0.4) is 0 Å². The predicted molar refractivity (Wildman–Crippen MR) is 71.3 cm³/mol. The summed E-state index contributed by atoms with van der Waals surface area (Å²) < 4.78 is 15.3. The van der Waals surface area contributed by atoms with Gasteiger partial charge in [-0.25, -0.2) is 5.01 Å². The van der Waals surface area contributed by atoms with Crippen LogP contribution in [0, 0.1) is 0 Å². The first-order valence-electron chi connectivity index (χ1n) is 5.08. The Kier molecular flexibility index (Phi) is 6.94. The van der Waals surface area contributed by atoms with Crippen molar-refractivity contribution < 1.29 is 18.6 Å². The molecule has 6 nitrogen and oxygen atoms in total. The summed E-state index contributed by atoms with van der Waals surface area (Å²) in [7, 11) is 2.99. The van der Waals surface area contributed by atoms with Gasteiger partial charge < -0.3 is 13.8 Å². The van der Waals surface area contributed by atoms with E-state index in [4.69, 9.17) is 25.6 Å². The lowest BCUT2D eigenvalue weighted by Gasteiger charge is -2.27. The number of amides is 1. The molecule has 1 aliphatic heterocycles. The standard InChI is InChI=1S/C8H17N2O4PS2/c1-12-15(16,13-2)17-7-8(11)9-10-3-5-14-6-4-10/h3-7H2,1-2H3,(H,9,11). The second-order valence-electron chi connectivity index (χ2n) is 3.22. The van der Waals surface area contributed by atoms with E-state index in [0.717, 1.165) is 0 Å². The first kappa shape index (κ1) is 15.4. The number of hydrogen-bond donors (Lipinski definition) is 1. The number of carbonyl (C=O) groups excluding carboxylic acids is 1. The van der Waals surface area contributed by atoms with Gasteiger partial charge in [0.15, 0.2) is 0 Å². The molecule has 1 N–H and O–H groups in total. The molecule has 100 valence electrons. The van der Waals surface area contributed by atoms with Gasteiger partial charge in [-0.15, -0.1) is 0 Å². The molecule has 9 heteroatoms. The van der Waals surface area contributed by atoms with Crippen LogP contribution in [0.15, 0.2) is 0 Å². The highest BCUT2D eigenvalue weighted by atomic mass is 32.9. The van der Waals surface area contributed by atoms with E-state index in [1.165, 1.54) is 25.6 Å². The van der Waals surface area contributed by atoms with Crippen molar-refractivity contribution in [3.05, 3.63) is 0 Å². The monoisotopic (exact) mass is 300 g/mol. The molecule has 1 heterocycles. The summed E-state index contributed by atoms with van der Waals surface area (Å²) in [6.07, 6.45) is 0. The van der Waals surface area contributed by atoms with Crippen LogP contribution in [0.25, 0.3) is 0 Å². The van der Waals surface area contributed by atoms with Crippen LogP contribution in [0.2, 0.25) is 0 Å². The van der Waals surface area contributed by atoms with Gasteiger partial charge in [0.25, 0.3) is 0 Å². The molecule has 1 rings (SSSR count). The molecule has 0 bridgehead atoms. The van der Waals surface area contributed by atoms with E-state index in [0.29, 0.717) is 26.3 Å². The summed E-state index contributed by atoms with van der Waals surface area (Å²) in [4.78, 5) is 11.6. The lowest BCUT2D eigenvalue weighted by molar-refractivity contribution is -0.125. The molecular formula is C8H17N2O4PS2. The summed E-state index contributed by atoms with van der Waals surface area (Å²) in [6.45, 7) is 2.70. The van der Waals surface area contributed by atoms with Gasteiger partial charge in [0.05, 0.1) is 19.0 Å². The van der Waals surface area contributed by atoms with Crippen LogP contribution in [0.5, 0.6) is 0 Å². The molecule has 0 atom stereocenters. The van der Waals surface area contributed by atoms with Crippen LogP contribution in [0.4, 0.5) is 0 Å². The van der Waals surface area contributed by atoms with Gasteiger partial charge in [-0.05, 0) is 11.8 Å². The quantitative estimate of drug-likeness (QED) is 0.721. The maximum atomic E-state index is 11.6. The van der Waals surface area contributed by atoms with E-state index in [2.05, 4.69) is 5.43 Å². The van der Waals surface area contributed by atoms with Gasteiger partial charge in [0, 0.05) is 27.3 Å². The van der Waals surface area contributed by atoms with Crippen LogP contribution < -0.4 is 5.43 Å². The van der Waals surface area contributed by atoms with Crippen LogP contribution in [0.1, 0.15) is 0 Å². The largest absolute Gasteiger partial charge is 0.379 e. The van der Waals surface area contributed by atoms with Crippen LogP contribution >= 0.6 is 17.1 Å². The normalized spacial score (nSPS) is 18.0. The third-order valence-corrected chi connectivity index (χ3v) is 7.77. The molecule has 0 radical (unpaired) electrons. The third kappa shape index (κ3) is 5.65. The van der Waals surface area contributed by atoms with Crippen molar-refractivity contribution in [3.63, 3.8) is 0 Å². The van der Waals surface area contributed by atoms with E-state index in [9.17, 15) is 4.79 Å². The molecule has 0 saturated carbocycles. The van der Waals surface area contributed by atoms with Gasteiger partial charge in [0.2, 0.25) is 11.6 Å². The summed E-state index contributed by atoms with van der Waals surface area (Å²) in [5, 5.41) is 1.84. The molecule has 0 unspecified atom stereocenters. The van der Waals surface area contributed by atoms with Gasteiger partial charge >= 0.3 is 0 Å². The molecule has 1 amide bonds. The number of nitrogens with zero attached hydrogens (tertiary/aromatic N) is 1. The zero-order chi connectivity index (χ0) is 12.7. The average Bonchev–Trinajstić information content (AvgIpc) is 2.37. The fourth-order valence-corrected chi connectivity index (χ4v) is 3.83. The van der Waals surface area contributed by atoms with E-state index in [1.54, 1.807) is 0 Å². The summed E-state index contributed by atoms with van der Waals surface area (Å²) >= 11 is 6.38. The van der Waals surface area contributed by atoms with Crippen molar-refractivity contribution in [2.45, 2.75) is 0 Å². The Labute approximate surface area is 110 Å². The number of hydrogen-bond acceptors (Lipinski definition) is 7. The summed E-state index contributed by atoms with van der Waals surface area (Å²) in [5.74, 6) is 0.135. The Bertz CT molecular complexity index is 291. The zero-order valence-electron chi connectivity index (χ0n) is 9.88. The Morgan fingerprint density at radius 3 is 2.59 bits per heavy atom. The first-order valence-corrected chi connectivity index (χ1v) is 9.31. The van der Waals surface area contributed by atoms with Crippen molar-refractivity contribution in [3.8, 4) is 0 Å². The highest BCUT2D eigenvalue weighted by molar-refractivity contribution is 8.68. The van der Waals surface area contributed by atoms with Crippen molar-refractivity contribution >= 4 is 34.8 Å². The van der Waals surface area contributed by atoms with E-state index in [1.807, 2.05) is 5.01 Å². The van der Waals surface area contributed by atoms with Crippen molar-refractivity contribution in [1.29, 1.82) is 0 Å². The maximum absolute atomic E-state index is 11.6. The Morgan fingerprint density at radius 2 is 2.06 bits per heavy atom. The number of rotatable bonds is 6. The smallest absolute Gasteiger partial charge is 0.247 e. The minimum absolute atomic E-state index is 0.0970. The second-order valence-corrected chi connectivity index (χ2v) is 9.74. The predicted octanol–water partition coefficient (Wildman–Crippen LogP) is 0.600. The Morgan fingerprint density at radius 1 is 1.47 bits per heavy atom. The topological polar surface area (TPSA) is 60.0 Å². The Balaban J connectivity index is 2.27. The second kappa shape index (κ2) is 7.68. The highest BCUT2D eigenvalue weighted by Gasteiger charge is 2.19. The molecule has 1 aliphatic rings. The molecule has 1 saturated heterocycles. The molecule has 0 aromatic carbocycles. The summed E-state index contributed by atoms with van der Waals surface area (Å²) in [5.41, 5.74) is 0.451. The SMILES string of the molecule is COP(=S)(OC)SCC(=O)NN1CCOCC1. The van der Waals surface area contributed by atoms with Gasteiger partial charge in [-0.1, -0.05) is 11.4 Å². The lowest BCUT2D eigenvalue weighted by Crippen LogP contribution is -2.48. The fraction of sp³-hybridized carbons (Fsp3) is 0.875. The van der Waals surface area contributed by atoms with Crippen molar-refractivity contribution in [1.82, 2.24) is 10.4 Å². The zero-order valence-corrected chi connectivity index (χ0v) is 12.4. The van der Waals surface area contributed by atoms with Crippen LogP contribution in [-0.2, 0) is 30.4 Å². The van der Waals surface area contributed by atoms with E-state index >= 15 is 0 Å². The molecule has 17 heavy (non-hydrogen) atoms. The lowest BCUT2D eigenvalue weighted by atomic mass is 10.5. The number of carbonyl (C=O) groups is 1. The first-order chi connectivity index (χ1) is 8.09. The number of nitrogens with one attached hydrogen (secondary N) is 1. The average molecular weight is 300 g/mol. The van der Waals surface area contributed by atoms with Gasteiger partial charge in [-0.2, -0.15) is 0 Å². The van der Waals surface area contributed by atoms with Crippen molar-refractivity contribution in [2.75, 3.05) is 46.3 Å².